The summed E-state index contributed by atoms with van der Waals surface area (Å²) in [7, 11) is -1.91. The molecule has 5 rings (SSSR count). The minimum absolute atomic E-state index is 0.0364. The Morgan fingerprint density at radius 2 is 1.72 bits per heavy atom. The number of hydrogen-bond donors (Lipinski definition) is 0. The van der Waals surface area contributed by atoms with Gasteiger partial charge >= 0.3 is 6.09 Å². The largest absolute Gasteiger partial charge is 0.487 e. The van der Waals surface area contributed by atoms with E-state index in [0.717, 1.165) is 12.8 Å². The highest BCUT2D eigenvalue weighted by atomic mass is 32.2. The van der Waals surface area contributed by atoms with Crippen molar-refractivity contribution in [1.29, 1.82) is 0 Å². The molecule has 12 heteroatoms. The lowest BCUT2D eigenvalue weighted by Crippen LogP contribution is -2.49. The fourth-order valence-corrected chi connectivity index (χ4v) is 6.43. The zero-order valence-electron chi connectivity index (χ0n) is 20.5. The molecular weight excluding hydrogens is 488 g/mol. The minimum Gasteiger partial charge on any atom is -0.487 e. The van der Waals surface area contributed by atoms with E-state index < -0.39 is 9.84 Å². The van der Waals surface area contributed by atoms with Gasteiger partial charge in [-0.15, -0.1) is 0 Å². The van der Waals surface area contributed by atoms with Gasteiger partial charge in [-0.05, 0) is 51.7 Å². The van der Waals surface area contributed by atoms with Crippen LogP contribution in [0.5, 0.6) is 23.3 Å². The van der Waals surface area contributed by atoms with Gasteiger partial charge in [0.05, 0.1) is 24.7 Å². The number of methoxy groups -OCH3 is 1. The van der Waals surface area contributed by atoms with Crippen LogP contribution < -0.4 is 14.2 Å². The molecule has 3 fully saturated rings. The number of piperidine rings is 1. The molecule has 1 aliphatic carbocycles. The van der Waals surface area contributed by atoms with Crippen LogP contribution in [0, 0.1) is 0 Å². The van der Waals surface area contributed by atoms with Crippen LogP contribution in [-0.4, -0.2) is 71.0 Å². The summed E-state index contributed by atoms with van der Waals surface area (Å²) < 4.78 is 47.7. The lowest BCUT2D eigenvalue weighted by molar-refractivity contribution is 0.0201. The molecule has 2 bridgehead atoms. The van der Waals surface area contributed by atoms with Gasteiger partial charge in [0.1, 0.15) is 18.2 Å². The van der Waals surface area contributed by atoms with Crippen molar-refractivity contribution in [3.8, 4) is 23.3 Å². The highest BCUT2D eigenvalue weighted by Gasteiger charge is 2.45. The van der Waals surface area contributed by atoms with E-state index in [9.17, 15) is 13.2 Å². The fraction of sp³-hybridized carbons (Fsp3) is 0.583. The van der Waals surface area contributed by atoms with Crippen molar-refractivity contribution >= 4 is 15.9 Å². The van der Waals surface area contributed by atoms with E-state index in [1.54, 1.807) is 0 Å². The standard InChI is InChI=1S/C24H30N4O7S/c1-14(2)33-24(29)28-15-4-5-16(28)11-18(10-15)35-23-21(32-3)22(26-13-27-23)34-17-6-9-20(25-12-17)36(30,31)19-7-8-19/h6,9,12-16,18-19H,4-5,7-8,10-11H2,1-3H3. The molecule has 2 aliphatic heterocycles. The third-order valence-corrected chi connectivity index (χ3v) is 8.81. The Balaban J connectivity index is 1.27. The molecule has 36 heavy (non-hydrogen) atoms. The Hall–Kier alpha value is -3.15. The van der Waals surface area contributed by atoms with Gasteiger partial charge in [-0.1, -0.05) is 0 Å². The number of fused-ring (bicyclic) bond motifs is 2. The summed E-state index contributed by atoms with van der Waals surface area (Å²) in [5, 5.41) is -0.296. The van der Waals surface area contributed by atoms with Gasteiger partial charge in [0.2, 0.25) is 5.75 Å². The first-order chi connectivity index (χ1) is 17.3. The van der Waals surface area contributed by atoms with Crippen LogP contribution >= 0.6 is 0 Å². The predicted octanol–water partition coefficient (Wildman–Crippen LogP) is 3.53. The molecule has 4 heterocycles. The maximum atomic E-state index is 12.5. The molecule has 2 aromatic heterocycles. The molecule has 1 amide bonds. The minimum atomic E-state index is -3.38. The van der Waals surface area contributed by atoms with Gasteiger partial charge in [-0.25, -0.2) is 18.2 Å². The Bertz CT molecular complexity index is 1200. The van der Waals surface area contributed by atoms with E-state index in [2.05, 4.69) is 15.0 Å². The van der Waals surface area contributed by atoms with Crippen molar-refractivity contribution in [1.82, 2.24) is 19.9 Å². The van der Waals surface area contributed by atoms with E-state index in [4.69, 9.17) is 18.9 Å². The average molecular weight is 519 g/mol. The van der Waals surface area contributed by atoms with Gasteiger partial charge in [0.25, 0.3) is 11.8 Å². The fourth-order valence-electron chi connectivity index (χ4n) is 4.87. The van der Waals surface area contributed by atoms with Gasteiger partial charge in [0.15, 0.2) is 14.9 Å². The zero-order valence-corrected chi connectivity index (χ0v) is 21.3. The highest BCUT2D eigenvalue weighted by Crippen LogP contribution is 2.41. The smallest absolute Gasteiger partial charge is 0.410 e. The van der Waals surface area contributed by atoms with Gasteiger partial charge < -0.3 is 23.8 Å². The molecule has 2 unspecified atom stereocenters. The Labute approximate surface area is 210 Å². The quantitative estimate of drug-likeness (QED) is 0.511. The van der Waals surface area contributed by atoms with Gasteiger partial charge in [0, 0.05) is 24.9 Å². The third kappa shape index (κ3) is 4.91. The zero-order chi connectivity index (χ0) is 25.4. The number of nitrogens with zero attached hydrogens (tertiary/aromatic N) is 4. The summed E-state index contributed by atoms with van der Waals surface area (Å²) in [5.74, 6) is 0.901. The summed E-state index contributed by atoms with van der Waals surface area (Å²) in [6, 6.07) is 3.08. The number of amides is 1. The molecule has 1 saturated carbocycles. The molecule has 11 nitrogen and oxygen atoms in total. The molecule has 0 aromatic carbocycles. The summed E-state index contributed by atoms with van der Waals surface area (Å²) in [4.78, 5) is 26.9. The molecule has 2 aromatic rings. The van der Waals surface area contributed by atoms with E-state index >= 15 is 0 Å². The van der Waals surface area contributed by atoms with Crippen LogP contribution in [0.1, 0.15) is 52.4 Å². The first kappa shape index (κ1) is 24.5. The highest BCUT2D eigenvalue weighted by molar-refractivity contribution is 7.92. The SMILES string of the molecule is COc1c(Oc2ccc(S(=O)(=O)C3CC3)nc2)ncnc1OC1CC2CCC(C1)N2C(=O)OC(C)C. The second kappa shape index (κ2) is 9.72. The van der Waals surface area contributed by atoms with Crippen LogP contribution in [0.2, 0.25) is 0 Å². The van der Waals surface area contributed by atoms with Crippen LogP contribution in [0.3, 0.4) is 0 Å². The van der Waals surface area contributed by atoms with E-state index in [1.807, 2.05) is 18.7 Å². The topological polar surface area (TPSA) is 130 Å². The summed E-state index contributed by atoms with van der Waals surface area (Å²) >= 11 is 0. The normalized spacial score (nSPS) is 23.4. The molecule has 0 radical (unpaired) electrons. The number of sulfone groups is 1. The van der Waals surface area contributed by atoms with Crippen LogP contribution in [0.15, 0.2) is 29.7 Å². The molecule has 2 saturated heterocycles. The van der Waals surface area contributed by atoms with Crippen molar-refractivity contribution < 1.29 is 32.2 Å². The van der Waals surface area contributed by atoms with Crippen LogP contribution in [0.25, 0.3) is 0 Å². The Kier molecular flexibility index (Phi) is 6.62. The third-order valence-electron chi connectivity index (χ3n) is 6.64. The Morgan fingerprint density at radius 3 is 2.31 bits per heavy atom. The summed E-state index contributed by atoms with van der Waals surface area (Å²) in [6.45, 7) is 3.69. The van der Waals surface area contributed by atoms with Crippen molar-refractivity contribution in [2.45, 2.75) is 86.9 Å². The monoisotopic (exact) mass is 518 g/mol. The number of aromatic nitrogens is 3. The first-order valence-corrected chi connectivity index (χ1v) is 13.7. The predicted molar refractivity (Wildman–Crippen MR) is 127 cm³/mol. The number of carbonyl (C=O) groups excluding carboxylic acids is 1. The number of hydrogen-bond acceptors (Lipinski definition) is 10. The van der Waals surface area contributed by atoms with Gasteiger partial charge in [-0.2, -0.15) is 9.97 Å². The van der Waals surface area contributed by atoms with Gasteiger partial charge in [-0.3, -0.25) is 0 Å². The lowest BCUT2D eigenvalue weighted by atomic mass is 10.0. The number of pyridine rings is 1. The van der Waals surface area contributed by atoms with Crippen molar-refractivity contribution in [3.63, 3.8) is 0 Å². The summed E-state index contributed by atoms with van der Waals surface area (Å²) in [6.07, 6.45) is 6.56. The molecular formula is C24H30N4O7S. The number of carbonyl (C=O) groups is 1. The summed E-state index contributed by atoms with van der Waals surface area (Å²) in [5.41, 5.74) is 0. The number of ether oxygens (including phenoxy) is 4. The van der Waals surface area contributed by atoms with E-state index in [1.165, 1.54) is 31.8 Å². The van der Waals surface area contributed by atoms with E-state index in [0.29, 0.717) is 31.4 Å². The molecule has 3 aliphatic rings. The van der Waals surface area contributed by atoms with Crippen molar-refractivity contribution in [3.05, 3.63) is 24.7 Å². The van der Waals surface area contributed by atoms with Crippen molar-refractivity contribution in [2.75, 3.05) is 7.11 Å². The molecule has 2 atom stereocenters. The first-order valence-electron chi connectivity index (χ1n) is 12.2. The Morgan fingerprint density at radius 1 is 1.03 bits per heavy atom. The lowest BCUT2D eigenvalue weighted by Gasteiger charge is -2.38. The maximum absolute atomic E-state index is 12.5. The van der Waals surface area contributed by atoms with Crippen molar-refractivity contribution in [2.24, 2.45) is 0 Å². The second-order valence-electron chi connectivity index (χ2n) is 9.63. The second-order valence-corrected chi connectivity index (χ2v) is 11.8. The number of rotatable bonds is 8. The molecule has 0 spiro atoms. The maximum Gasteiger partial charge on any atom is 0.410 e. The van der Waals surface area contributed by atoms with E-state index in [-0.39, 0.29) is 58.2 Å². The van der Waals surface area contributed by atoms with Crippen LogP contribution in [0.4, 0.5) is 4.79 Å². The average Bonchev–Trinajstić information content (AvgIpc) is 3.65. The molecule has 0 N–H and O–H groups in total. The van der Waals surface area contributed by atoms with Crippen LogP contribution in [-0.2, 0) is 14.6 Å². The molecule has 194 valence electrons.